The highest BCUT2D eigenvalue weighted by atomic mass is 32.1. The SMILES string of the molecule is Cc1nc(NCc2cnn(C)c2)sc1-c1ccn(-c2ccccc2)n1. The van der Waals surface area contributed by atoms with Crippen LogP contribution in [0.3, 0.4) is 0 Å². The Labute approximate surface area is 149 Å². The summed E-state index contributed by atoms with van der Waals surface area (Å²) in [6.07, 6.45) is 5.83. The Balaban J connectivity index is 1.53. The number of anilines is 1. The summed E-state index contributed by atoms with van der Waals surface area (Å²) in [5.74, 6) is 0. The number of hydrogen-bond donors (Lipinski definition) is 1. The Kier molecular flexibility index (Phi) is 4.07. The van der Waals surface area contributed by atoms with Crippen LogP contribution in [0.15, 0.2) is 55.0 Å². The van der Waals surface area contributed by atoms with Gasteiger partial charge in [-0.1, -0.05) is 29.5 Å². The van der Waals surface area contributed by atoms with E-state index in [1.807, 2.05) is 73.6 Å². The van der Waals surface area contributed by atoms with Crippen LogP contribution in [-0.4, -0.2) is 24.5 Å². The van der Waals surface area contributed by atoms with E-state index < -0.39 is 0 Å². The van der Waals surface area contributed by atoms with Gasteiger partial charge in [0.2, 0.25) is 0 Å². The van der Waals surface area contributed by atoms with Gasteiger partial charge in [0, 0.05) is 31.5 Å². The molecule has 4 aromatic rings. The quantitative estimate of drug-likeness (QED) is 0.597. The first-order valence-electron chi connectivity index (χ1n) is 7.99. The summed E-state index contributed by atoms with van der Waals surface area (Å²) in [6.45, 7) is 2.72. The van der Waals surface area contributed by atoms with Crippen molar-refractivity contribution in [3.05, 3.63) is 66.2 Å². The van der Waals surface area contributed by atoms with E-state index in [9.17, 15) is 0 Å². The molecule has 0 aliphatic rings. The fourth-order valence-corrected chi connectivity index (χ4v) is 3.55. The molecule has 0 aliphatic heterocycles. The van der Waals surface area contributed by atoms with Crippen LogP contribution in [0, 0.1) is 6.92 Å². The first kappa shape index (κ1) is 15.6. The standard InChI is InChI=1S/C18H18N6S/c1-13-17(16-8-9-24(22-16)15-6-4-3-5-7-15)25-18(21-13)19-10-14-11-20-23(2)12-14/h3-9,11-12H,10H2,1-2H3,(H,19,21). The van der Waals surface area contributed by atoms with Crippen molar-refractivity contribution in [1.82, 2.24) is 24.5 Å². The summed E-state index contributed by atoms with van der Waals surface area (Å²) in [4.78, 5) is 5.71. The maximum atomic E-state index is 4.69. The van der Waals surface area contributed by atoms with Gasteiger partial charge in [0.15, 0.2) is 5.13 Å². The van der Waals surface area contributed by atoms with Crippen molar-refractivity contribution in [2.24, 2.45) is 7.05 Å². The van der Waals surface area contributed by atoms with Crippen molar-refractivity contribution in [3.8, 4) is 16.3 Å². The maximum Gasteiger partial charge on any atom is 0.183 e. The van der Waals surface area contributed by atoms with Crippen LogP contribution in [0.1, 0.15) is 11.3 Å². The van der Waals surface area contributed by atoms with Crippen LogP contribution in [0.5, 0.6) is 0 Å². The highest BCUT2D eigenvalue weighted by molar-refractivity contribution is 7.19. The number of thiazole rings is 1. The van der Waals surface area contributed by atoms with Crippen LogP contribution in [0.25, 0.3) is 16.3 Å². The molecule has 0 bridgehead atoms. The van der Waals surface area contributed by atoms with E-state index >= 15 is 0 Å². The van der Waals surface area contributed by atoms with Gasteiger partial charge in [-0.15, -0.1) is 0 Å². The zero-order valence-electron chi connectivity index (χ0n) is 14.0. The molecule has 3 heterocycles. The minimum Gasteiger partial charge on any atom is -0.357 e. The van der Waals surface area contributed by atoms with Gasteiger partial charge < -0.3 is 5.32 Å². The summed E-state index contributed by atoms with van der Waals surface area (Å²) in [6, 6.07) is 12.1. The van der Waals surface area contributed by atoms with E-state index in [2.05, 4.69) is 15.4 Å². The Hall–Kier alpha value is -2.93. The number of nitrogens with zero attached hydrogens (tertiary/aromatic N) is 5. The van der Waals surface area contributed by atoms with E-state index in [0.717, 1.165) is 32.6 Å². The lowest BCUT2D eigenvalue weighted by Gasteiger charge is -1.99. The van der Waals surface area contributed by atoms with Crippen molar-refractivity contribution >= 4 is 16.5 Å². The van der Waals surface area contributed by atoms with Crippen molar-refractivity contribution < 1.29 is 0 Å². The molecule has 0 amide bonds. The normalized spacial score (nSPS) is 11.0. The lowest BCUT2D eigenvalue weighted by atomic mass is 10.3. The second-order valence-electron chi connectivity index (χ2n) is 5.79. The van der Waals surface area contributed by atoms with Gasteiger partial charge in [-0.25, -0.2) is 9.67 Å². The minimum atomic E-state index is 0.707. The van der Waals surface area contributed by atoms with Crippen LogP contribution >= 0.6 is 11.3 Å². The fourth-order valence-electron chi connectivity index (χ4n) is 2.62. The minimum absolute atomic E-state index is 0.707. The molecule has 126 valence electrons. The first-order chi connectivity index (χ1) is 12.2. The largest absolute Gasteiger partial charge is 0.357 e. The van der Waals surface area contributed by atoms with Gasteiger partial charge in [0.25, 0.3) is 0 Å². The number of hydrogen-bond acceptors (Lipinski definition) is 5. The number of para-hydroxylation sites is 1. The Morgan fingerprint density at radius 3 is 2.76 bits per heavy atom. The van der Waals surface area contributed by atoms with E-state index in [-0.39, 0.29) is 0 Å². The number of aryl methyl sites for hydroxylation is 2. The summed E-state index contributed by atoms with van der Waals surface area (Å²) >= 11 is 1.62. The molecule has 0 unspecified atom stereocenters. The molecule has 3 aromatic heterocycles. The van der Waals surface area contributed by atoms with Crippen LogP contribution in [-0.2, 0) is 13.6 Å². The molecule has 0 fully saturated rings. The van der Waals surface area contributed by atoms with Gasteiger partial charge >= 0.3 is 0 Å². The molecule has 7 heteroatoms. The smallest absolute Gasteiger partial charge is 0.183 e. The molecular formula is C18H18N6S. The topological polar surface area (TPSA) is 60.6 Å². The fraction of sp³-hybridized carbons (Fsp3) is 0.167. The van der Waals surface area contributed by atoms with Gasteiger partial charge in [-0.05, 0) is 25.1 Å². The lowest BCUT2D eigenvalue weighted by Crippen LogP contribution is -1.97. The van der Waals surface area contributed by atoms with Crippen molar-refractivity contribution in [1.29, 1.82) is 0 Å². The van der Waals surface area contributed by atoms with Crippen LogP contribution in [0.2, 0.25) is 0 Å². The molecule has 25 heavy (non-hydrogen) atoms. The summed E-state index contributed by atoms with van der Waals surface area (Å²) in [5.41, 5.74) is 4.10. The monoisotopic (exact) mass is 350 g/mol. The highest BCUT2D eigenvalue weighted by Crippen LogP contribution is 2.32. The van der Waals surface area contributed by atoms with E-state index in [1.54, 1.807) is 16.0 Å². The Bertz CT molecular complexity index is 982. The molecule has 1 N–H and O–H groups in total. The third kappa shape index (κ3) is 3.32. The number of rotatable bonds is 5. The highest BCUT2D eigenvalue weighted by Gasteiger charge is 2.13. The molecule has 4 rings (SSSR count). The third-order valence-corrected chi connectivity index (χ3v) is 4.98. The van der Waals surface area contributed by atoms with Gasteiger partial charge in [-0.2, -0.15) is 10.2 Å². The zero-order valence-corrected chi connectivity index (χ0v) is 14.9. The molecule has 1 aromatic carbocycles. The number of benzene rings is 1. The summed E-state index contributed by atoms with van der Waals surface area (Å²) in [7, 11) is 1.91. The molecule has 0 radical (unpaired) electrons. The maximum absolute atomic E-state index is 4.69. The lowest BCUT2D eigenvalue weighted by molar-refractivity contribution is 0.767. The van der Waals surface area contributed by atoms with E-state index in [4.69, 9.17) is 5.10 Å². The Morgan fingerprint density at radius 1 is 1.16 bits per heavy atom. The molecular weight excluding hydrogens is 332 g/mol. The number of nitrogens with one attached hydrogen (secondary N) is 1. The first-order valence-corrected chi connectivity index (χ1v) is 8.81. The average Bonchev–Trinajstić information content (AvgIpc) is 3.34. The van der Waals surface area contributed by atoms with Crippen molar-refractivity contribution in [2.75, 3.05) is 5.32 Å². The van der Waals surface area contributed by atoms with Crippen molar-refractivity contribution in [2.45, 2.75) is 13.5 Å². The molecule has 0 atom stereocenters. The van der Waals surface area contributed by atoms with E-state index in [1.165, 1.54) is 0 Å². The second kappa shape index (κ2) is 6.52. The van der Waals surface area contributed by atoms with Crippen LogP contribution in [0.4, 0.5) is 5.13 Å². The third-order valence-electron chi connectivity index (χ3n) is 3.84. The van der Waals surface area contributed by atoms with Gasteiger partial charge in [0.05, 0.1) is 22.5 Å². The molecule has 6 nitrogen and oxygen atoms in total. The number of aromatic nitrogens is 5. The molecule has 0 saturated carbocycles. The van der Waals surface area contributed by atoms with Gasteiger partial charge in [0.1, 0.15) is 5.69 Å². The second-order valence-corrected chi connectivity index (χ2v) is 6.79. The summed E-state index contributed by atoms with van der Waals surface area (Å²) in [5, 5.41) is 13.1. The zero-order chi connectivity index (χ0) is 17.2. The predicted octanol–water partition coefficient (Wildman–Crippen LogP) is 3.65. The van der Waals surface area contributed by atoms with Crippen molar-refractivity contribution in [3.63, 3.8) is 0 Å². The van der Waals surface area contributed by atoms with Crippen LogP contribution < -0.4 is 5.32 Å². The predicted molar refractivity (Wildman–Crippen MR) is 99.9 cm³/mol. The van der Waals surface area contributed by atoms with E-state index in [0.29, 0.717) is 6.54 Å². The summed E-state index contributed by atoms with van der Waals surface area (Å²) < 4.78 is 3.68. The van der Waals surface area contributed by atoms with Gasteiger partial charge in [-0.3, -0.25) is 4.68 Å². The molecule has 0 spiro atoms. The average molecular weight is 350 g/mol. The Morgan fingerprint density at radius 2 is 2.00 bits per heavy atom. The molecule has 0 saturated heterocycles. The molecule has 0 aliphatic carbocycles.